The fourth-order valence-corrected chi connectivity index (χ4v) is 5.85. The van der Waals surface area contributed by atoms with Gasteiger partial charge in [0, 0.05) is 23.2 Å². The summed E-state index contributed by atoms with van der Waals surface area (Å²) in [6, 6.07) is 16.0. The van der Waals surface area contributed by atoms with Crippen molar-refractivity contribution in [2.75, 3.05) is 19.6 Å². The number of nitrogens with zero attached hydrogens (tertiary/aromatic N) is 1. The predicted molar refractivity (Wildman–Crippen MR) is 114 cm³/mol. The summed E-state index contributed by atoms with van der Waals surface area (Å²) >= 11 is 1.60. The summed E-state index contributed by atoms with van der Waals surface area (Å²) in [6.07, 6.45) is 4.07. The Morgan fingerprint density at radius 3 is 2.64 bits per heavy atom. The normalized spacial score (nSPS) is 23.8. The molecule has 0 saturated carbocycles. The van der Waals surface area contributed by atoms with Crippen molar-refractivity contribution in [3.63, 3.8) is 0 Å². The number of rotatable bonds is 5. The van der Waals surface area contributed by atoms with Gasteiger partial charge in [-0.15, -0.1) is 11.3 Å². The first-order chi connectivity index (χ1) is 13.7. The number of hydrogen-bond acceptors (Lipinski definition) is 4. The zero-order valence-electron chi connectivity index (χ0n) is 15.8. The predicted octanol–water partition coefficient (Wildman–Crippen LogP) is 5.30. The highest BCUT2D eigenvalue weighted by Gasteiger charge is 2.35. The summed E-state index contributed by atoms with van der Waals surface area (Å²) in [5.41, 5.74) is 2.78. The Kier molecular flexibility index (Phi) is 4.61. The van der Waals surface area contributed by atoms with Gasteiger partial charge in [-0.1, -0.05) is 30.3 Å². The maximum atomic E-state index is 13.0. The molecule has 3 fully saturated rings. The highest BCUT2D eigenvalue weighted by molar-refractivity contribution is 7.20. The average Bonchev–Trinajstić information content (AvgIpc) is 3.18. The van der Waals surface area contributed by atoms with Crippen molar-refractivity contribution in [1.29, 1.82) is 0 Å². The van der Waals surface area contributed by atoms with Gasteiger partial charge in [-0.2, -0.15) is 0 Å². The molecule has 4 heterocycles. The highest BCUT2D eigenvalue weighted by Crippen LogP contribution is 2.36. The molecule has 3 nitrogen and oxygen atoms in total. The van der Waals surface area contributed by atoms with Crippen LogP contribution < -0.4 is 0 Å². The molecular weight excluding hydrogens is 366 g/mol. The third kappa shape index (κ3) is 3.31. The summed E-state index contributed by atoms with van der Waals surface area (Å²) < 4.78 is 1.13. The third-order valence-electron chi connectivity index (χ3n) is 6.39. The van der Waals surface area contributed by atoms with Crippen LogP contribution in [-0.2, 0) is 0 Å². The van der Waals surface area contributed by atoms with Gasteiger partial charge in [0.1, 0.15) is 6.29 Å². The Bertz CT molecular complexity index is 1050. The van der Waals surface area contributed by atoms with Gasteiger partial charge in [-0.05, 0) is 72.5 Å². The highest BCUT2D eigenvalue weighted by atomic mass is 32.1. The fourth-order valence-electron chi connectivity index (χ4n) is 4.80. The maximum Gasteiger partial charge on any atom is 0.173 e. The minimum Gasteiger partial charge on any atom is -0.303 e. The van der Waals surface area contributed by atoms with Gasteiger partial charge in [0.05, 0.1) is 4.88 Å². The summed E-state index contributed by atoms with van der Waals surface area (Å²) in [5, 5.41) is 1.12. The van der Waals surface area contributed by atoms with Crippen LogP contribution in [0.3, 0.4) is 0 Å². The zero-order valence-corrected chi connectivity index (χ0v) is 16.6. The van der Waals surface area contributed by atoms with Gasteiger partial charge in [0.2, 0.25) is 0 Å². The Labute approximate surface area is 169 Å². The van der Waals surface area contributed by atoms with Crippen LogP contribution in [0.2, 0.25) is 0 Å². The van der Waals surface area contributed by atoms with Gasteiger partial charge in [-0.25, -0.2) is 0 Å². The molecule has 2 bridgehead atoms. The second-order valence-corrected chi connectivity index (χ2v) is 9.22. The van der Waals surface area contributed by atoms with E-state index in [1.165, 1.54) is 25.9 Å². The number of Topliss-reactive ketones (excluding diaryl/α,β-unsaturated/α-hetero) is 1. The molecular formula is C24H23NO2S. The number of benzene rings is 2. The molecule has 0 aliphatic carbocycles. The van der Waals surface area contributed by atoms with Crippen molar-refractivity contribution in [2.45, 2.75) is 19.3 Å². The summed E-state index contributed by atoms with van der Waals surface area (Å²) in [6.45, 7) is 3.52. The first-order valence-corrected chi connectivity index (χ1v) is 10.9. The van der Waals surface area contributed by atoms with Crippen LogP contribution in [-0.4, -0.2) is 36.6 Å². The number of aldehydes is 1. The maximum absolute atomic E-state index is 13.0. The Morgan fingerprint density at radius 1 is 1.07 bits per heavy atom. The number of thiophene rings is 1. The topological polar surface area (TPSA) is 37.4 Å². The fraction of sp³-hybridized carbons (Fsp3) is 0.333. The van der Waals surface area contributed by atoms with Gasteiger partial charge < -0.3 is 4.90 Å². The second kappa shape index (κ2) is 7.26. The lowest BCUT2D eigenvalue weighted by Crippen LogP contribution is -2.47. The largest absolute Gasteiger partial charge is 0.303 e. The van der Waals surface area contributed by atoms with Gasteiger partial charge >= 0.3 is 0 Å². The van der Waals surface area contributed by atoms with Crippen LogP contribution in [0.1, 0.15) is 39.3 Å². The van der Waals surface area contributed by atoms with E-state index in [1.807, 2.05) is 24.3 Å². The van der Waals surface area contributed by atoms with Crippen molar-refractivity contribution in [3.05, 3.63) is 59.0 Å². The first kappa shape index (κ1) is 17.8. The average molecular weight is 390 g/mol. The number of fused-ring (bicyclic) bond motifs is 4. The van der Waals surface area contributed by atoms with Crippen molar-refractivity contribution >= 4 is 33.5 Å². The minimum atomic E-state index is 0.296. The third-order valence-corrected chi connectivity index (χ3v) is 7.53. The standard InChI is InChI=1S/C24H23NO2S/c26-15-16-2-1-3-18(10-16)19-4-5-20-13-24(28-23(20)12-19)22(27)11-21-14-25-8-6-17(21)7-9-25/h1-5,10,12-13,15,17,21H,6-9,11,14H2/t21-/m0/s1. The molecule has 3 saturated heterocycles. The Hall–Kier alpha value is -2.30. The van der Waals surface area contributed by atoms with E-state index in [2.05, 4.69) is 29.2 Å². The quantitative estimate of drug-likeness (QED) is 0.439. The molecule has 0 spiro atoms. The van der Waals surface area contributed by atoms with Crippen LogP contribution >= 0.6 is 11.3 Å². The number of piperidine rings is 3. The zero-order chi connectivity index (χ0) is 19.1. The molecule has 28 heavy (non-hydrogen) atoms. The SMILES string of the molecule is O=Cc1cccc(-c2ccc3cc(C(=O)C[C@H]4CN5CCC4CC5)sc3c2)c1. The Morgan fingerprint density at radius 2 is 1.89 bits per heavy atom. The van der Waals surface area contributed by atoms with E-state index >= 15 is 0 Å². The molecule has 1 aromatic heterocycles. The lowest BCUT2D eigenvalue weighted by molar-refractivity contribution is 0.0442. The molecule has 6 rings (SSSR count). The van der Waals surface area contributed by atoms with Crippen LogP contribution in [0, 0.1) is 11.8 Å². The van der Waals surface area contributed by atoms with Gasteiger partial charge in [-0.3, -0.25) is 9.59 Å². The number of carbonyl (C=O) groups is 2. The van der Waals surface area contributed by atoms with Crippen molar-refractivity contribution in [2.24, 2.45) is 11.8 Å². The van der Waals surface area contributed by atoms with E-state index in [-0.39, 0.29) is 0 Å². The summed E-state index contributed by atoms with van der Waals surface area (Å²) in [5.74, 6) is 1.56. The Balaban J connectivity index is 1.38. The van der Waals surface area contributed by atoms with E-state index in [0.29, 0.717) is 23.7 Å². The molecule has 0 amide bonds. The van der Waals surface area contributed by atoms with E-state index in [4.69, 9.17) is 0 Å². The lowest BCUT2D eigenvalue weighted by atomic mass is 9.76. The smallest absolute Gasteiger partial charge is 0.173 e. The molecule has 3 aromatic rings. The van der Waals surface area contributed by atoms with Crippen molar-refractivity contribution < 1.29 is 9.59 Å². The van der Waals surface area contributed by atoms with Gasteiger partial charge in [0.15, 0.2) is 5.78 Å². The second-order valence-electron chi connectivity index (χ2n) is 8.13. The molecule has 142 valence electrons. The molecule has 2 aromatic carbocycles. The van der Waals surface area contributed by atoms with E-state index in [0.717, 1.165) is 44.8 Å². The number of hydrogen-bond donors (Lipinski definition) is 0. The van der Waals surface area contributed by atoms with Crippen LogP contribution in [0.25, 0.3) is 21.2 Å². The number of carbonyl (C=O) groups excluding carboxylic acids is 2. The molecule has 4 heteroatoms. The van der Waals surface area contributed by atoms with Crippen LogP contribution in [0.5, 0.6) is 0 Å². The van der Waals surface area contributed by atoms with Crippen LogP contribution in [0.15, 0.2) is 48.5 Å². The summed E-state index contributed by atoms with van der Waals surface area (Å²) in [7, 11) is 0. The van der Waals surface area contributed by atoms with Crippen LogP contribution in [0.4, 0.5) is 0 Å². The van der Waals surface area contributed by atoms with E-state index < -0.39 is 0 Å². The molecule has 0 radical (unpaired) electrons. The summed E-state index contributed by atoms with van der Waals surface area (Å²) in [4.78, 5) is 27.4. The van der Waals surface area contributed by atoms with Crippen molar-refractivity contribution in [3.8, 4) is 11.1 Å². The van der Waals surface area contributed by atoms with E-state index in [1.54, 1.807) is 11.3 Å². The monoisotopic (exact) mass is 389 g/mol. The van der Waals surface area contributed by atoms with Gasteiger partial charge in [0.25, 0.3) is 0 Å². The number of ketones is 1. The molecule has 3 aliphatic heterocycles. The van der Waals surface area contributed by atoms with Crippen molar-refractivity contribution in [1.82, 2.24) is 4.90 Å². The molecule has 0 N–H and O–H groups in total. The minimum absolute atomic E-state index is 0.296. The van der Waals surface area contributed by atoms with E-state index in [9.17, 15) is 9.59 Å². The molecule has 1 atom stereocenters. The molecule has 0 unspecified atom stereocenters. The first-order valence-electron chi connectivity index (χ1n) is 10.0. The lowest BCUT2D eigenvalue weighted by Gasteiger charge is -2.44. The molecule has 3 aliphatic rings.